The largest absolute Gasteiger partial charge is 0.459 e. The van der Waals surface area contributed by atoms with Gasteiger partial charge in [0.15, 0.2) is 0 Å². The molecule has 0 spiro atoms. The Bertz CT molecular complexity index is 245. The van der Waals surface area contributed by atoms with Crippen LogP contribution in [-0.2, 0) is 14.3 Å². The first-order chi connectivity index (χ1) is 7.19. The number of amides is 1. The molecule has 4 nitrogen and oxygen atoms in total. The lowest BCUT2D eigenvalue weighted by Crippen LogP contribution is -2.42. The molecular formula is C10H17NO3S. The molecule has 1 aliphatic carbocycles. The van der Waals surface area contributed by atoms with Gasteiger partial charge in [0.05, 0.1) is 6.61 Å². The molecule has 1 saturated carbocycles. The molecule has 2 atom stereocenters. The predicted octanol–water partition coefficient (Wildman–Crippen LogP) is 0.950. The van der Waals surface area contributed by atoms with Crippen LogP contribution in [0.3, 0.4) is 0 Å². The number of carbonyl (C=O) groups is 2. The molecule has 0 heterocycles. The molecule has 0 aromatic heterocycles. The molecule has 0 aromatic rings. The Morgan fingerprint density at radius 1 is 1.47 bits per heavy atom. The van der Waals surface area contributed by atoms with Crippen LogP contribution < -0.4 is 5.32 Å². The van der Waals surface area contributed by atoms with Gasteiger partial charge in [-0.15, -0.1) is 0 Å². The van der Waals surface area contributed by atoms with Crippen LogP contribution in [0.5, 0.6) is 0 Å². The van der Waals surface area contributed by atoms with Crippen LogP contribution in [0.15, 0.2) is 0 Å². The van der Waals surface area contributed by atoms with Gasteiger partial charge in [0.1, 0.15) is 0 Å². The molecule has 1 rings (SSSR count). The van der Waals surface area contributed by atoms with Crippen LogP contribution >= 0.6 is 11.8 Å². The van der Waals surface area contributed by atoms with Crippen molar-refractivity contribution in [3.8, 4) is 0 Å². The molecule has 2 unspecified atom stereocenters. The highest BCUT2D eigenvalue weighted by atomic mass is 32.2. The lowest BCUT2D eigenvalue weighted by molar-refractivity contribution is -0.154. The number of hydrogen-bond acceptors (Lipinski definition) is 4. The van der Waals surface area contributed by atoms with E-state index in [0.29, 0.717) is 5.25 Å². The fourth-order valence-corrected chi connectivity index (χ4v) is 2.73. The zero-order valence-corrected chi connectivity index (χ0v) is 9.93. The molecular weight excluding hydrogens is 214 g/mol. The van der Waals surface area contributed by atoms with Gasteiger partial charge in [-0.05, 0) is 26.0 Å². The minimum absolute atomic E-state index is 0.122. The van der Waals surface area contributed by atoms with Crippen molar-refractivity contribution in [2.75, 3.05) is 12.9 Å². The highest BCUT2D eigenvalue weighted by Gasteiger charge is 2.29. The number of rotatable bonds is 3. The zero-order chi connectivity index (χ0) is 11.3. The normalized spacial score (nSPS) is 24.9. The number of carbonyl (C=O) groups excluding carboxylic acids is 2. The molecule has 1 amide bonds. The molecule has 0 aliphatic heterocycles. The third-order valence-electron chi connectivity index (χ3n) is 2.53. The summed E-state index contributed by atoms with van der Waals surface area (Å²) in [6.45, 7) is 1.92. The Hall–Kier alpha value is -0.710. The summed E-state index contributed by atoms with van der Waals surface area (Å²) in [6.07, 6.45) is 5.20. The Morgan fingerprint density at radius 2 is 2.20 bits per heavy atom. The topological polar surface area (TPSA) is 55.4 Å². The minimum atomic E-state index is -0.774. The van der Waals surface area contributed by atoms with Gasteiger partial charge in [0, 0.05) is 11.3 Å². The monoisotopic (exact) mass is 231 g/mol. The van der Waals surface area contributed by atoms with E-state index in [1.165, 1.54) is 0 Å². The Kier molecular flexibility index (Phi) is 4.94. The van der Waals surface area contributed by atoms with E-state index in [1.54, 1.807) is 18.7 Å². The van der Waals surface area contributed by atoms with Crippen molar-refractivity contribution in [3.63, 3.8) is 0 Å². The first kappa shape index (κ1) is 12.4. The highest BCUT2D eigenvalue weighted by molar-refractivity contribution is 7.99. The minimum Gasteiger partial charge on any atom is -0.459 e. The maximum atomic E-state index is 11.4. The Labute approximate surface area is 94.1 Å². The van der Waals surface area contributed by atoms with E-state index in [2.05, 4.69) is 10.1 Å². The number of hydrogen-bond donors (Lipinski definition) is 1. The lowest BCUT2D eigenvalue weighted by atomic mass is 10.2. The van der Waals surface area contributed by atoms with E-state index >= 15 is 0 Å². The van der Waals surface area contributed by atoms with Crippen LogP contribution in [0.2, 0.25) is 0 Å². The van der Waals surface area contributed by atoms with E-state index < -0.39 is 11.9 Å². The van der Waals surface area contributed by atoms with Crippen LogP contribution in [0, 0.1) is 0 Å². The van der Waals surface area contributed by atoms with Crippen molar-refractivity contribution >= 4 is 23.6 Å². The molecule has 0 aromatic carbocycles. The molecule has 1 fully saturated rings. The zero-order valence-electron chi connectivity index (χ0n) is 9.12. The van der Waals surface area contributed by atoms with Crippen LogP contribution in [0.1, 0.15) is 26.2 Å². The van der Waals surface area contributed by atoms with E-state index in [9.17, 15) is 9.59 Å². The molecule has 1 N–H and O–H groups in total. The van der Waals surface area contributed by atoms with E-state index in [-0.39, 0.29) is 12.6 Å². The highest BCUT2D eigenvalue weighted by Crippen LogP contribution is 2.28. The molecule has 0 bridgehead atoms. The van der Waals surface area contributed by atoms with E-state index in [0.717, 1.165) is 19.3 Å². The molecule has 5 heteroatoms. The van der Waals surface area contributed by atoms with Crippen molar-refractivity contribution in [2.45, 2.75) is 37.5 Å². The van der Waals surface area contributed by atoms with E-state index in [1.807, 2.05) is 6.26 Å². The van der Waals surface area contributed by atoms with Gasteiger partial charge in [-0.25, -0.2) is 4.79 Å². The summed E-state index contributed by atoms with van der Waals surface area (Å²) in [7, 11) is 0. The third kappa shape index (κ3) is 3.41. The average molecular weight is 231 g/mol. The molecule has 15 heavy (non-hydrogen) atoms. The van der Waals surface area contributed by atoms with Crippen LogP contribution in [-0.4, -0.2) is 36.0 Å². The molecule has 0 radical (unpaired) electrons. The van der Waals surface area contributed by atoms with Gasteiger partial charge in [-0.3, -0.25) is 4.79 Å². The summed E-state index contributed by atoms with van der Waals surface area (Å²) in [6, 6.07) is 0.122. The molecule has 0 saturated heterocycles. The summed E-state index contributed by atoms with van der Waals surface area (Å²) >= 11 is 1.74. The van der Waals surface area contributed by atoms with Crippen molar-refractivity contribution in [1.82, 2.24) is 5.32 Å². The number of nitrogens with one attached hydrogen (secondary N) is 1. The second kappa shape index (κ2) is 6.00. The van der Waals surface area contributed by atoms with Gasteiger partial charge in [0.25, 0.3) is 0 Å². The number of esters is 1. The fourth-order valence-electron chi connectivity index (χ4n) is 1.80. The summed E-state index contributed by atoms with van der Waals surface area (Å²) in [5, 5.41) is 3.16. The second-order valence-electron chi connectivity index (χ2n) is 3.51. The fraction of sp³-hybridized carbons (Fsp3) is 0.800. The van der Waals surface area contributed by atoms with Gasteiger partial charge in [0.2, 0.25) is 0 Å². The summed E-state index contributed by atoms with van der Waals surface area (Å²) < 4.78 is 4.63. The maximum Gasteiger partial charge on any atom is 0.396 e. The Morgan fingerprint density at radius 3 is 2.80 bits per heavy atom. The quantitative estimate of drug-likeness (QED) is 0.580. The van der Waals surface area contributed by atoms with Crippen molar-refractivity contribution in [2.24, 2.45) is 0 Å². The third-order valence-corrected chi connectivity index (χ3v) is 3.70. The maximum absolute atomic E-state index is 11.4. The first-order valence-electron chi connectivity index (χ1n) is 5.19. The van der Waals surface area contributed by atoms with Gasteiger partial charge in [-0.1, -0.05) is 6.42 Å². The predicted molar refractivity (Wildman–Crippen MR) is 59.7 cm³/mol. The number of thioether (sulfide) groups is 1. The summed E-state index contributed by atoms with van der Waals surface area (Å²) in [5.41, 5.74) is 0. The van der Waals surface area contributed by atoms with Gasteiger partial charge in [-0.2, -0.15) is 11.8 Å². The van der Waals surface area contributed by atoms with Crippen molar-refractivity contribution < 1.29 is 14.3 Å². The standard InChI is InChI=1S/C10H17NO3S/c1-3-14-10(13)9(12)11-7-5-4-6-8(7)15-2/h7-8H,3-6H2,1-2H3,(H,11,12). The molecule has 86 valence electrons. The second-order valence-corrected chi connectivity index (χ2v) is 4.58. The van der Waals surface area contributed by atoms with Gasteiger partial charge >= 0.3 is 11.9 Å². The first-order valence-corrected chi connectivity index (χ1v) is 6.48. The smallest absolute Gasteiger partial charge is 0.396 e. The van der Waals surface area contributed by atoms with Gasteiger partial charge < -0.3 is 10.1 Å². The lowest BCUT2D eigenvalue weighted by Gasteiger charge is -2.18. The number of ether oxygens (including phenoxy) is 1. The Balaban J connectivity index is 2.40. The SMILES string of the molecule is CCOC(=O)C(=O)NC1CCCC1SC. The van der Waals surface area contributed by atoms with Crippen molar-refractivity contribution in [3.05, 3.63) is 0 Å². The summed E-state index contributed by atoms with van der Waals surface area (Å²) in [4.78, 5) is 22.4. The average Bonchev–Trinajstić information content (AvgIpc) is 2.65. The van der Waals surface area contributed by atoms with Crippen molar-refractivity contribution in [1.29, 1.82) is 0 Å². The molecule has 1 aliphatic rings. The van der Waals surface area contributed by atoms with Crippen LogP contribution in [0.4, 0.5) is 0 Å². The summed E-state index contributed by atoms with van der Waals surface area (Å²) in [5.74, 6) is -1.38. The van der Waals surface area contributed by atoms with Crippen LogP contribution in [0.25, 0.3) is 0 Å². The van der Waals surface area contributed by atoms with E-state index in [4.69, 9.17) is 0 Å².